The van der Waals surface area contributed by atoms with E-state index in [1.165, 1.54) is 0 Å². The van der Waals surface area contributed by atoms with Crippen LogP contribution in [0, 0.1) is 0 Å². The Morgan fingerprint density at radius 2 is 1.72 bits per heavy atom. The molecule has 5 N–H and O–H groups in total. The quantitative estimate of drug-likeness (QED) is 0.297. The number of aliphatic hydroxyl groups excluding tert-OH is 1. The first-order chi connectivity index (χ1) is 18.8. The largest absolute Gasteiger partial charge is 0.387 e. The van der Waals surface area contributed by atoms with Crippen LogP contribution in [0.4, 0.5) is 0 Å². The number of carbonyl (C=O) groups is 1. The predicted molar refractivity (Wildman–Crippen MR) is 153 cm³/mol. The maximum atomic E-state index is 13.9. The van der Waals surface area contributed by atoms with Gasteiger partial charge < -0.3 is 20.9 Å². The molecule has 0 bridgehead atoms. The van der Waals surface area contributed by atoms with E-state index in [0.717, 1.165) is 48.8 Å². The molecule has 4 rings (SSSR count). The van der Waals surface area contributed by atoms with E-state index in [2.05, 4.69) is 10.0 Å². The van der Waals surface area contributed by atoms with Gasteiger partial charge in [-0.15, -0.1) is 0 Å². The number of aliphatic hydroxyl groups is 1. The van der Waals surface area contributed by atoms with Gasteiger partial charge in [-0.25, -0.2) is 8.42 Å². The Kier molecular flexibility index (Phi) is 10.1. The molecule has 2 aromatic rings. The van der Waals surface area contributed by atoms with Gasteiger partial charge in [0.05, 0.1) is 18.8 Å². The van der Waals surface area contributed by atoms with Crippen LogP contribution >= 0.6 is 0 Å². The summed E-state index contributed by atoms with van der Waals surface area (Å²) in [5.41, 5.74) is 8.05. The van der Waals surface area contributed by atoms with Crippen LogP contribution < -0.4 is 15.8 Å². The summed E-state index contributed by atoms with van der Waals surface area (Å²) in [7, 11) is -4.25. The first-order valence-corrected chi connectivity index (χ1v) is 15.1. The van der Waals surface area contributed by atoms with Crippen LogP contribution in [-0.2, 0) is 19.6 Å². The summed E-state index contributed by atoms with van der Waals surface area (Å²) in [6, 6.07) is 19.0. The van der Waals surface area contributed by atoms with Crippen molar-refractivity contribution in [1.82, 2.24) is 10.0 Å². The van der Waals surface area contributed by atoms with Crippen molar-refractivity contribution in [1.29, 1.82) is 0 Å². The van der Waals surface area contributed by atoms with Crippen molar-refractivity contribution in [2.45, 2.75) is 61.6 Å². The van der Waals surface area contributed by atoms with Crippen LogP contribution in [0.25, 0.3) is 5.57 Å². The van der Waals surface area contributed by atoms with Crippen LogP contribution in [0.2, 0.25) is 0 Å². The Morgan fingerprint density at radius 1 is 1.05 bits per heavy atom. The molecule has 0 aliphatic heterocycles. The van der Waals surface area contributed by atoms with Gasteiger partial charge in [0, 0.05) is 6.54 Å². The van der Waals surface area contributed by atoms with Gasteiger partial charge in [-0.05, 0) is 48.6 Å². The lowest BCUT2D eigenvalue weighted by atomic mass is 9.87. The topological polar surface area (TPSA) is 131 Å². The van der Waals surface area contributed by atoms with Gasteiger partial charge in [0.25, 0.3) is 0 Å². The van der Waals surface area contributed by atoms with Crippen LogP contribution in [0.1, 0.15) is 55.8 Å². The smallest absolute Gasteiger partial charge is 0.247 e. The number of ether oxygens (including phenoxy) is 1. The minimum absolute atomic E-state index is 0.0730. The lowest BCUT2D eigenvalue weighted by Gasteiger charge is -2.41. The second-order valence-corrected chi connectivity index (χ2v) is 12.2. The summed E-state index contributed by atoms with van der Waals surface area (Å²) in [5, 5.41) is 13.8. The molecule has 1 amide bonds. The fourth-order valence-electron chi connectivity index (χ4n) is 5.28. The van der Waals surface area contributed by atoms with Crippen molar-refractivity contribution in [2.75, 3.05) is 19.6 Å². The molecule has 1 saturated carbocycles. The zero-order valence-corrected chi connectivity index (χ0v) is 23.0. The molecule has 0 saturated heterocycles. The number of hydrogen-bond donors (Lipinski definition) is 4. The van der Waals surface area contributed by atoms with Crippen molar-refractivity contribution in [3.05, 3.63) is 90.0 Å². The summed E-state index contributed by atoms with van der Waals surface area (Å²) in [5.74, 6) is -0.774. The number of allylic oxidation sites excluding steroid dienone is 2. The van der Waals surface area contributed by atoms with Crippen LogP contribution in [0.5, 0.6) is 0 Å². The van der Waals surface area contributed by atoms with Gasteiger partial charge in [0.15, 0.2) is 0 Å². The van der Waals surface area contributed by atoms with Crippen LogP contribution in [0.15, 0.2) is 78.9 Å². The average Bonchev–Trinajstić information content (AvgIpc) is 2.97. The van der Waals surface area contributed by atoms with E-state index in [0.29, 0.717) is 0 Å². The SMILES string of the molecule is NCC(=O)NS(=O)(=O)C1(CCNC[C@H](O)c2ccccc2)C=CC(c2ccccc2)=CC1OC1CCCCC1. The van der Waals surface area contributed by atoms with Crippen molar-refractivity contribution in [2.24, 2.45) is 5.73 Å². The Bertz CT molecular complexity index is 1240. The van der Waals surface area contributed by atoms with Gasteiger partial charge >= 0.3 is 0 Å². The van der Waals surface area contributed by atoms with E-state index in [1.54, 1.807) is 12.2 Å². The van der Waals surface area contributed by atoms with Crippen molar-refractivity contribution in [3.63, 3.8) is 0 Å². The number of nitrogens with two attached hydrogens (primary N) is 1. The molecule has 0 spiro atoms. The molecule has 1 fully saturated rings. The molecular formula is C30H39N3O5S. The van der Waals surface area contributed by atoms with Crippen LogP contribution in [0.3, 0.4) is 0 Å². The molecule has 9 heteroatoms. The minimum atomic E-state index is -4.25. The summed E-state index contributed by atoms with van der Waals surface area (Å²) in [6.45, 7) is 0.0725. The molecule has 2 aliphatic carbocycles. The summed E-state index contributed by atoms with van der Waals surface area (Å²) >= 11 is 0. The molecule has 2 aromatic carbocycles. The van der Waals surface area contributed by atoms with Crippen molar-refractivity contribution >= 4 is 21.5 Å². The maximum absolute atomic E-state index is 13.9. The van der Waals surface area contributed by atoms with Gasteiger partial charge in [-0.1, -0.05) is 92.1 Å². The highest BCUT2D eigenvalue weighted by molar-refractivity contribution is 7.91. The zero-order chi connectivity index (χ0) is 27.7. The number of hydrogen-bond acceptors (Lipinski definition) is 7. The summed E-state index contributed by atoms with van der Waals surface area (Å²) in [4.78, 5) is 12.2. The second-order valence-electron chi connectivity index (χ2n) is 10.2. The molecule has 210 valence electrons. The monoisotopic (exact) mass is 553 g/mol. The van der Waals surface area contributed by atoms with Crippen molar-refractivity contribution < 1.29 is 23.1 Å². The summed E-state index contributed by atoms with van der Waals surface area (Å²) < 4.78 is 35.0. The number of sulfonamides is 1. The van der Waals surface area contributed by atoms with E-state index in [-0.39, 0.29) is 25.6 Å². The van der Waals surface area contributed by atoms with E-state index in [4.69, 9.17) is 10.5 Å². The average molecular weight is 554 g/mol. The lowest BCUT2D eigenvalue weighted by molar-refractivity contribution is -0.118. The maximum Gasteiger partial charge on any atom is 0.247 e. The summed E-state index contributed by atoms with van der Waals surface area (Å²) in [6.07, 6.45) is 8.73. The zero-order valence-electron chi connectivity index (χ0n) is 22.2. The number of rotatable bonds is 12. The number of benzene rings is 2. The Hall–Kier alpha value is -2.82. The molecule has 3 atom stereocenters. The molecule has 2 aliphatic rings. The van der Waals surface area contributed by atoms with Gasteiger partial charge in [-0.2, -0.15) is 0 Å². The number of carbonyl (C=O) groups excluding carboxylic acids is 1. The molecular weight excluding hydrogens is 514 g/mol. The fourth-order valence-corrected chi connectivity index (χ4v) is 6.90. The third kappa shape index (κ3) is 7.23. The Morgan fingerprint density at radius 3 is 2.38 bits per heavy atom. The third-order valence-corrected chi connectivity index (χ3v) is 9.57. The van der Waals surface area contributed by atoms with E-state index < -0.39 is 39.4 Å². The highest BCUT2D eigenvalue weighted by Crippen LogP contribution is 2.39. The van der Waals surface area contributed by atoms with E-state index in [9.17, 15) is 18.3 Å². The first-order valence-electron chi connectivity index (χ1n) is 13.7. The molecule has 0 heterocycles. The third-order valence-electron chi connectivity index (χ3n) is 7.50. The Labute approximate surface area is 231 Å². The highest BCUT2D eigenvalue weighted by atomic mass is 32.2. The van der Waals surface area contributed by atoms with E-state index >= 15 is 0 Å². The van der Waals surface area contributed by atoms with Gasteiger partial charge in [-0.3, -0.25) is 9.52 Å². The van der Waals surface area contributed by atoms with Gasteiger partial charge in [0.1, 0.15) is 10.9 Å². The molecule has 0 aromatic heterocycles. The fraction of sp³-hybridized carbons (Fsp3) is 0.433. The van der Waals surface area contributed by atoms with Gasteiger partial charge in [0.2, 0.25) is 15.9 Å². The Balaban J connectivity index is 1.62. The first kappa shape index (κ1) is 29.2. The highest BCUT2D eigenvalue weighted by Gasteiger charge is 2.51. The van der Waals surface area contributed by atoms with Crippen molar-refractivity contribution in [3.8, 4) is 0 Å². The minimum Gasteiger partial charge on any atom is -0.387 e. The molecule has 2 unspecified atom stereocenters. The normalized spacial score (nSPS) is 22.7. The number of nitrogens with one attached hydrogen (secondary N) is 2. The van der Waals surface area contributed by atoms with Crippen LogP contribution in [-0.4, -0.2) is 56.0 Å². The second kappa shape index (κ2) is 13.5. The standard InChI is InChI=1S/C30H39N3O5S/c31-21-29(35)33-39(36,37)30(18-19-32-22-27(34)24-12-6-2-7-13-24)17-16-25(23-10-4-1-5-11-23)20-28(30)38-26-14-8-3-9-15-26/h1-2,4-7,10-13,16-17,20,26-28,32,34H,3,8-9,14-15,18-19,21-22,31H2,(H,33,35)/t27-,28?,30?/m0/s1. The number of amides is 1. The molecule has 0 radical (unpaired) electrons. The molecule has 8 nitrogen and oxygen atoms in total. The predicted octanol–water partition coefficient (Wildman–Crippen LogP) is 3.21. The lowest BCUT2D eigenvalue weighted by Crippen LogP contribution is -2.57. The molecule has 39 heavy (non-hydrogen) atoms. The van der Waals surface area contributed by atoms with E-state index in [1.807, 2.05) is 66.7 Å².